The van der Waals surface area contributed by atoms with E-state index in [4.69, 9.17) is 0 Å². The molecular weight excluding hydrogens is 422 g/mol. The number of rotatable bonds is 3. The van der Waals surface area contributed by atoms with Crippen molar-refractivity contribution in [3.63, 3.8) is 0 Å². The number of fused-ring (bicyclic) bond motifs is 1. The Bertz CT molecular complexity index is 1030. The van der Waals surface area contributed by atoms with Crippen molar-refractivity contribution in [2.75, 3.05) is 26.2 Å². The standard InChI is InChI=1S/C29H39N3O2/c33-21-7-6-19-13-25-28-9-8-24-26(20(15-28)17-32(24)27(34)23-3-1-2-11-30-23)29(28,22(19)14-21)10-12-31(25)16-18-4-5-18/h6-7,14,18,20,23-26,30,33H,1-5,8-13,15-17H2/t20-,23+,24?,25?,26?,28?,29?/m1/s1. The van der Waals surface area contributed by atoms with Gasteiger partial charge in [0.05, 0.1) is 6.04 Å². The monoisotopic (exact) mass is 461 g/mol. The van der Waals surface area contributed by atoms with Gasteiger partial charge in [0.15, 0.2) is 0 Å². The summed E-state index contributed by atoms with van der Waals surface area (Å²) >= 11 is 0. The van der Waals surface area contributed by atoms with Crippen molar-refractivity contribution in [1.29, 1.82) is 0 Å². The van der Waals surface area contributed by atoms with Crippen molar-refractivity contribution in [1.82, 2.24) is 15.1 Å². The van der Waals surface area contributed by atoms with Crippen molar-refractivity contribution in [2.24, 2.45) is 23.2 Å². The van der Waals surface area contributed by atoms with Crippen LogP contribution in [0.1, 0.15) is 68.9 Å². The Balaban J connectivity index is 1.22. The molecule has 0 spiro atoms. The molecule has 1 aromatic rings. The summed E-state index contributed by atoms with van der Waals surface area (Å²) in [6.45, 7) is 4.46. The molecule has 5 unspecified atom stereocenters. The molecule has 6 fully saturated rings. The van der Waals surface area contributed by atoms with Crippen molar-refractivity contribution >= 4 is 5.91 Å². The fraction of sp³-hybridized carbons (Fsp3) is 0.759. The van der Waals surface area contributed by atoms with Crippen LogP contribution in [0.15, 0.2) is 18.2 Å². The van der Waals surface area contributed by atoms with Gasteiger partial charge in [-0.2, -0.15) is 0 Å². The van der Waals surface area contributed by atoms with Gasteiger partial charge in [0.2, 0.25) is 5.91 Å². The van der Waals surface area contributed by atoms with Crippen LogP contribution in [0.25, 0.3) is 0 Å². The summed E-state index contributed by atoms with van der Waals surface area (Å²) < 4.78 is 0. The average molecular weight is 462 g/mol. The van der Waals surface area contributed by atoms with Gasteiger partial charge in [-0.25, -0.2) is 0 Å². The quantitative estimate of drug-likeness (QED) is 0.724. The molecule has 1 amide bonds. The van der Waals surface area contributed by atoms with Crippen LogP contribution in [0, 0.1) is 23.2 Å². The molecule has 5 heteroatoms. The number of carbonyl (C=O) groups is 1. The van der Waals surface area contributed by atoms with Crippen molar-refractivity contribution in [3.05, 3.63) is 29.3 Å². The van der Waals surface area contributed by atoms with E-state index >= 15 is 0 Å². The summed E-state index contributed by atoms with van der Waals surface area (Å²) in [5.74, 6) is 2.94. The highest BCUT2D eigenvalue weighted by Gasteiger charge is 2.76. The lowest BCUT2D eigenvalue weighted by Crippen LogP contribution is -2.70. The molecule has 0 radical (unpaired) electrons. The van der Waals surface area contributed by atoms with E-state index < -0.39 is 0 Å². The highest BCUT2D eigenvalue weighted by Crippen LogP contribution is 2.75. The van der Waals surface area contributed by atoms with Gasteiger partial charge in [-0.15, -0.1) is 0 Å². The second kappa shape index (κ2) is 7.00. The van der Waals surface area contributed by atoms with E-state index in [-0.39, 0.29) is 11.5 Å². The van der Waals surface area contributed by atoms with E-state index in [1.807, 2.05) is 6.07 Å². The van der Waals surface area contributed by atoms with Gasteiger partial charge in [-0.3, -0.25) is 9.69 Å². The molecule has 7 atom stereocenters. The molecule has 1 aromatic carbocycles. The van der Waals surface area contributed by atoms with Crippen LogP contribution in [-0.4, -0.2) is 65.1 Å². The molecule has 3 saturated heterocycles. The number of amides is 1. The maximum absolute atomic E-state index is 13.7. The van der Waals surface area contributed by atoms with Crippen LogP contribution in [-0.2, 0) is 16.6 Å². The van der Waals surface area contributed by atoms with E-state index in [1.165, 1.54) is 75.6 Å². The van der Waals surface area contributed by atoms with Crippen LogP contribution in [0.3, 0.4) is 0 Å². The summed E-state index contributed by atoms with van der Waals surface area (Å²) in [7, 11) is 0. The summed E-state index contributed by atoms with van der Waals surface area (Å²) in [5.41, 5.74) is 3.44. The number of phenols is 1. The first-order valence-electron chi connectivity index (χ1n) is 14.2. The third-order valence-electron chi connectivity index (χ3n) is 11.7. The smallest absolute Gasteiger partial charge is 0.239 e. The van der Waals surface area contributed by atoms with Crippen LogP contribution >= 0.6 is 0 Å². The normalized spacial score (nSPS) is 44.6. The molecule has 182 valence electrons. The number of phenolic OH excluding ortho intramolecular Hbond substituents is 1. The first kappa shape index (κ1) is 20.6. The van der Waals surface area contributed by atoms with E-state index in [0.717, 1.165) is 31.8 Å². The predicted molar refractivity (Wildman–Crippen MR) is 131 cm³/mol. The Morgan fingerprint density at radius 1 is 1.15 bits per heavy atom. The zero-order valence-electron chi connectivity index (χ0n) is 20.3. The molecule has 4 bridgehead atoms. The number of hydrogen-bond acceptors (Lipinski definition) is 4. The maximum Gasteiger partial charge on any atom is 0.239 e. The van der Waals surface area contributed by atoms with Crippen LogP contribution < -0.4 is 5.32 Å². The molecule has 3 heterocycles. The Morgan fingerprint density at radius 3 is 2.88 bits per heavy atom. The Labute approximate surface area is 203 Å². The Morgan fingerprint density at radius 2 is 2.06 bits per heavy atom. The minimum Gasteiger partial charge on any atom is -0.508 e. The molecule has 5 nitrogen and oxygen atoms in total. The van der Waals surface area contributed by atoms with Gasteiger partial charge in [-0.05, 0) is 117 Å². The van der Waals surface area contributed by atoms with Crippen molar-refractivity contribution in [3.8, 4) is 5.75 Å². The van der Waals surface area contributed by atoms with E-state index in [2.05, 4.69) is 27.2 Å². The number of aromatic hydroxyl groups is 1. The number of nitrogens with one attached hydrogen (secondary N) is 1. The summed E-state index contributed by atoms with van der Waals surface area (Å²) in [4.78, 5) is 19.0. The number of nitrogens with zero attached hydrogens (tertiary/aromatic N) is 2. The zero-order valence-corrected chi connectivity index (χ0v) is 20.3. The molecule has 7 aliphatic rings. The molecule has 0 aromatic heterocycles. The van der Waals surface area contributed by atoms with Gasteiger partial charge in [0, 0.05) is 30.6 Å². The summed E-state index contributed by atoms with van der Waals surface area (Å²) in [5, 5.41) is 14.2. The van der Waals surface area contributed by atoms with Crippen molar-refractivity contribution in [2.45, 2.75) is 87.7 Å². The minimum atomic E-state index is 0.0348. The lowest BCUT2D eigenvalue weighted by molar-refractivity contribution is -0.142. The molecule has 2 N–H and O–H groups in total. The first-order chi connectivity index (χ1) is 16.6. The number of hydrogen-bond donors (Lipinski definition) is 2. The van der Waals surface area contributed by atoms with Gasteiger partial charge in [0.25, 0.3) is 0 Å². The number of likely N-dealkylation sites (tertiary alicyclic amines) is 2. The van der Waals surface area contributed by atoms with Crippen LogP contribution in [0.2, 0.25) is 0 Å². The number of carbonyl (C=O) groups excluding carboxylic acids is 1. The van der Waals surface area contributed by atoms with E-state index in [0.29, 0.717) is 41.0 Å². The summed E-state index contributed by atoms with van der Waals surface area (Å²) in [6, 6.07) is 7.37. The van der Waals surface area contributed by atoms with Gasteiger partial charge in [0.1, 0.15) is 5.75 Å². The lowest BCUT2D eigenvalue weighted by atomic mass is 9.43. The molecular formula is C29H39N3O2. The molecule has 4 aliphatic carbocycles. The Hall–Kier alpha value is -1.59. The third-order valence-corrected chi connectivity index (χ3v) is 11.7. The van der Waals surface area contributed by atoms with Crippen LogP contribution in [0.5, 0.6) is 5.75 Å². The van der Waals surface area contributed by atoms with Gasteiger partial charge in [-0.1, -0.05) is 12.5 Å². The lowest BCUT2D eigenvalue weighted by Gasteiger charge is -2.66. The molecule has 3 aliphatic heterocycles. The molecule has 8 rings (SSSR count). The van der Waals surface area contributed by atoms with Crippen LogP contribution in [0.4, 0.5) is 0 Å². The second-order valence-corrected chi connectivity index (χ2v) is 13.0. The van der Waals surface area contributed by atoms with E-state index in [9.17, 15) is 9.90 Å². The highest BCUT2D eigenvalue weighted by molar-refractivity contribution is 5.83. The topological polar surface area (TPSA) is 55.8 Å². The largest absolute Gasteiger partial charge is 0.508 e. The molecule has 3 saturated carbocycles. The SMILES string of the molecule is O=C([C@@H]1CCCCN1)N1C[C@H]2CC34CCC1C2C31CCN(CC2CC2)C4Cc2ccc(O)cc21. The van der Waals surface area contributed by atoms with Gasteiger partial charge < -0.3 is 15.3 Å². The number of benzene rings is 1. The number of piperidine rings is 2. The maximum atomic E-state index is 13.7. The van der Waals surface area contributed by atoms with Gasteiger partial charge >= 0.3 is 0 Å². The predicted octanol–water partition coefficient (Wildman–Crippen LogP) is 3.44. The summed E-state index contributed by atoms with van der Waals surface area (Å²) in [6.07, 6.45) is 12.3. The minimum absolute atomic E-state index is 0.0348. The Kier molecular flexibility index (Phi) is 4.24. The first-order valence-corrected chi connectivity index (χ1v) is 14.2. The molecule has 34 heavy (non-hydrogen) atoms. The van der Waals surface area contributed by atoms with E-state index in [1.54, 1.807) is 0 Å². The third kappa shape index (κ3) is 2.51. The van der Waals surface area contributed by atoms with Crippen molar-refractivity contribution < 1.29 is 9.90 Å². The highest BCUT2D eigenvalue weighted by atomic mass is 16.3. The fourth-order valence-corrected chi connectivity index (χ4v) is 10.5. The zero-order chi connectivity index (χ0) is 22.7. The second-order valence-electron chi connectivity index (χ2n) is 13.0. The average Bonchev–Trinajstić information content (AvgIpc) is 3.55. The fourth-order valence-electron chi connectivity index (χ4n) is 10.5.